The average molecular weight is 390 g/mol. The number of fused-ring (bicyclic) bond motifs is 1. The number of hydrogen-bond donors (Lipinski definition) is 1. The molecule has 1 N–H and O–H groups in total. The molecule has 0 spiro atoms. The highest BCUT2D eigenvalue weighted by Crippen LogP contribution is 2.37. The molecule has 28 heavy (non-hydrogen) atoms. The topological polar surface area (TPSA) is 104 Å². The van der Waals surface area contributed by atoms with E-state index in [0.717, 1.165) is 4.57 Å². The zero-order chi connectivity index (χ0) is 20.6. The van der Waals surface area contributed by atoms with Crippen molar-refractivity contribution >= 4 is 17.5 Å². The van der Waals surface area contributed by atoms with E-state index >= 15 is 0 Å². The van der Waals surface area contributed by atoms with Crippen LogP contribution >= 0.6 is 0 Å². The zero-order valence-electron chi connectivity index (χ0n) is 16.4. The number of esters is 1. The molecule has 10 heteroatoms. The first-order valence-corrected chi connectivity index (χ1v) is 8.46. The molecule has 0 atom stereocenters. The van der Waals surface area contributed by atoms with Crippen molar-refractivity contribution in [3.8, 4) is 11.5 Å². The van der Waals surface area contributed by atoms with Crippen LogP contribution in [0.25, 0.3) is 0 Å². The Hall–Kier alpha value is -3.43. The number of carbonyl (C=O) groups is 1. The first kappa shape index (κ1) is 19.3. The molecule has 0 radical (unpaired) electrons. The fourth-order valence-corrected chi connectivity index (χ4v) is 3.27. The molecule has 0 amide bonds. The molecular weight excluding hydrogens is 368 g/mol. The third-order valence-corrected chi connectivity index (χ3v) is 4.79. The Morgan fingerprint density at radius 3 is 2.29 bits per heavy atom. The quantitative estimate of drug-likeness (QED) is 0.743. The van der Waals surface area contributed by atoms with Crippen molar-refractivity contribution in [2.75, 3.05) is 38.2 Å². The van der Waals surface area contributed by atoms with E-state index in [1.165, 1.54) is 39.0 Å². The van der Waals surface area contributed by atoms with Gasteiger partial charge in [-0.3, -0.25) is 13.9 Å². The molecular formula is C18H22N4O6. The van der Waals surface area contributed by atoms with E-state index < -0.39 is 17.2 Å². The van der Waals surface area contributed by atoms with Gasteiger partial charge < -0.3 is 24.4 Å². The second-order valence-electron chi connectivity index (χ2n) is 6.28. The molecule has 2 aromatic rings. The summed E-state index contributed by atoms with van der Waals surface area (Å²) in [6, 6.07) is 3.19. The summed E-state index contributed by atoms with van der Waals surface area (Å²) in [6.07, 6.45) is 0. The van der Waals surface area contributed by atoms with Crippen LogP contribution in [0.4, 0.5) is 11.5 Å². The number of carbonyl (C=O) groups excluding carboxylic acids is 1. The van der Waals surface area contributed by atoms with Gasteiger partial charge in [0.1, 0.15) is 5.82 Å². The third-order valence-electron chi connectivity index (χ3n) is 4.79. The second kappa shape index (κ2) is 7.29. The van der Waals surface area contributed by atoms with Crippen molar-refractivity contribution in [2.45, 2.75) is 6.54 Å². The Bertz CT molecular complexity index is 1060. The lowest BCUT2D eigenvalue weighted by molar-refractivity contribution is 0.0601. The number of nitrogens with one attached hydrogen (secondary N) is 1. The molecule has 1 aromatic heterocycles. The highest BCUT2D eigenvalue weighted by molar-refractivity contribution is 5.97. The number of anilines is 2. The normalized spacial score (nSPS) is 12.8. The molecule has 0 saturated heterocycles. The number of benzene rings is 1. The summed E-state index contributed by atoms with van der Waals surface area (Å²) < 4.78 is 18.0. The summed E-state index contributed by atoms with van der Waals surface area (Å²) in [5, 5.41) is 3.09. The van der Waals surface area contributed by atoms with Gasteiger partial charge in [0.25, 0.3) is 5.56 Å². The second-order valence-corrected chi connectivity index (χ2v) is 6.28. The standard InChI is InChI=1S/C18H22N4O6/c1-20-15-11(16(23)21(2)18(20)25)8-22(9-19-15)12-7-14(27-4)13(26-3)6-10(12)17(24)28-5/h6-7,19H,8-9H2,1-5H3. The fraction of sp³-hybridized carbons (Fsp3) is 0.389. The predicted molar refractivity (Wildman–Crippen MR) is 102 cm³/mol. The molecule has 0 bridgehead atoms. The zero-order valence-corrected chi connectivity index (χ0v) is 16.4. The maximum absolute atomic E-state index is 12.6. The summed E-state index contributed by atoms with van der Waals surface area (Å²) in [7, 11) is 7.29. The van der Waals surface area contributed by atoms with Crippen molar-refractivity contribution in [1.82, 2.24) is 9.13 Å². The van der Waals surface area contributed by atoms with E-state index in [9.17, 15) is 14.4 Å². The molecule has 1 aromatic carbocycles. The fourth-order valence-electron chi connectivity index (χ4n) is 3.27. The van der Waals surface area contributed by atoms with Crippen molar-refractivity contribution in [3.05, 3.63) is 44.1 Å². The Morgan fingerprint density at radius 1 is 1.04 bits per heavy atom. The van der Waals surface area contributed by atoms with Crippen LogP contribution in [0.2, 0.25) is 0 Å². The van der Waals surface area contributed by atoms with E-state index in [4.69, 9.17) is 14.2 Å². The van der Waals surface area contributed by atoms with Crippen molar-refractivity contribution in [2.24, 2.45) is 14.1 Å². The maximum atomic E-state index is 12.6. The van der Waals surface area contributed by atoms with Crippen LogP contribution in [0.5, 0.6) is 11.5 Å². The lowest BCUT2D eigenvalue weighted by Crippen LogP contribution is -2.46. The monoisotopic (exact) mass is 390 g/mol. The lowest BCUT2D eigenvalue weighted by atomic mass is 10.1. The van der Waals surface area contributed by atoms with E-state index in [0.29, 0.717) is 28.6 Å². The molecule has 3 rings (SSSR count). The van der Waals surface area contributed by atoms with Gasteiger partial charge in [-0.15, -0.1) is 0 Å². The Balaban J connectivity index is 2.15. The molecule has 1 aliphatic heterocycles. The van der Waals surface area contributed by atoms with Crippen molar-refractivity contribution in [1.29, 1.82) is 0 Å². The minimum Gasteiger partial charge on any atom is -0.493 e. The summed E-state index contributed by atoms with van der Waals surface area (Å²) in [4.78, 5) is 38.9. The van der Waals surface area contributed by atoms with Gasteiger partial charge in [0.2, 0.25) is 0 Å². The number of aromatic nitrogens is 2. The highest BCUT2D eigenvalue weighted by atomic mass is 16.5. The summed E-state index contributed by atoms with van der Waals surface area (Å²) in [5.74, 6) is 0.735. The van der Waals surface area contributed by atoms with Gasteiger partial charge in [-0.05, 0) is 0 Å². The smallest absolute Gasteiger partial charge is 0.340 e. The van der Waals surface area contributed by atoms with E-state index in [1.807, 2.05) is 0 Å². The first-order valence-electron chi connectivity index (χ1n) is 8.46. The van der Waals surface area contributed by atoms with Crippen LogP contribution in [0, 0.1) is 0 Å². The maximum Gasteiger partial charge on any atom is 0.340 e. The summed E-state index contributed by atoms with van der Waals surface area (Å²) in [6.45, 7) is 0.468. The minimum absolute atomic E-state index is 0.197. The van der Waals surface area contributed by atoms with E-state index in [-0.39, 0.29) is 18.8 Å². The third kappa shape index (κ3) is 2.96. The van der Waals surface area contributed by atoms with Crippen LogP contribution in [0.3, 0.4) is 0 Å². The number of methoxy groups -OCH3 is 3. The van der Waals surface area contributed by atoms with Gasteiger partial charge in [-0.25, -0.2) is 9.59 Å². The van der Waals surface area contributed by atoms with Crippen LogP contribution < -0.4 is 30.9 Å². The molecule has 0 aliphatic carbocycles. The SMILES string of the molecule is COC(=O)c1cc(OC)c(OC)cc1N1CNc2c(c(=O)n(C)c(=O)n2C)C1. The Morgan fingerprint density at radius 2 is 1.68 bits per heavy atom. The van der Waals surface area contributed by atoms with E-state index in [1.54, 1.807) is 18.0 Å². The average Bonchev–Trinajstić information content (AvgIpc) is 2.74. The van der Waals surface area contributed by atoms with Gasteiger partial charge in [-0.2, -0.15) is 0 Å². The van der Waals surface area contributed by atoms with Gasteiger partial charge in [0, 0.05) is 26.2 Å². The first-order chi connectivity index (χ1) is 13.3. The lowest BCUT2D eigenvalue weighted by Gasteiger charge is -2.33. The molecule has 2 heterocycles. The van der Waals surface area contributed by atoms with Gasteiger partial charge >= 0.3 is 11.7 Å². The highest BCUT2D eigenvalue weighted by Gasteiger charge is 2.27. The molecule has 0 unspecified atom stereocenters. The number of ether oxygens (including phenoxy) is 3. The Kier molecular flexibility index (Phi) is 5.04. The largest absolute Gasteiger partial charge is 0.493 e. The molecule has 1 aliphatic rings. The number of nitrogens with zero attached hydrogens (tertiary/aromatic N) is 3. The van der Waals surface area contributed by atoms with Crippen molar-refractivity contribution in [3.63, 3.8) is 0 Å². The van der Waals surface area contributed by atoms with Crippen LogP contribution in [-0.2, 0) is 25.4 Å². The summed E-state index contributed by atoms with van der Waals surface area (Å²) >= 11 is 0. The van der Waals surface area contributed by atoms with E-state index in [2.05, 4.69) is 5.32 Å². The molecule has 150 valence electrons. The number of rotatable bonds is 4. The van der Waals surface area contributed by atoms with Crippen molar-refractivity contribution < 1.29 is 19.0 Å². The van der Waals surface area contributed by atoms with Crippen LogP contribution in [0.1, 0.15) is 15.9 Å². The Labute approximate surface area is 160 Å². The predicted octanol–water partition coefficient (Wildman–Crippen LogP) is 0.277. The summed E-state index contributed by atoms with van der Waals surface area (Å²) in [5.41, 5.74) is 0.397. The molecule has 0 fully saturated rings. The number of hydrogen-bond acceptors (Lipinski definition) is 8. The van der Waals surface area contributed by atoms with Crippen LogP contribution in [0.15, 0.2) is 21.7 Å². The molecule has 0 saturated carbocycles. The van der Waals surface area contributed by atoms with Crippen LogP contribution in [-0.4, -0.2) is 43.1 Å². The molecule has 10 nitrogen and oxygen atoms in total. The van der Waals surface area contributed by atoms with Gasteiger partial charge in [-0.1, -0.05) is 0 Å². The van der Waals surface area contributed by atoms with Gasteiger partial charge in [0.05, 0.1) is 51.4 Å². The minimum atomic E-state index is -0.546. The van der Waals surface area contributed by atoms with Gasteiger partial charge in [0.15, 0.2) is 11.5 Å².